The summed E-state index contributed by atoms with van der Waals surface area (Å²) in [7, 11) is 4.14. The predicted molar refractivity (Wildman–Crippen MR) is 116 cm³/mol. The summed E-state index contributed by atoms with van der Waals surface area (Å²) >= 11 is 0. The lowest BCUT2D eigenvalue weighted by Gasteiger charge is -2.58. The molecule has 1 aliphatic carbocycles. The van der Waals surface area contributed by atoms with E-state index >= 15 is 0 Å². The van der Waals surface area contributed by atoms with E-state index in [0.29, 0.717) is 12.8 Å². The van der Waals surface area contributed by atoms with E-state index in [2.05, 4.69) is 0 Å². The third-order valence-corrected chi connectivity index (χ3v) is 9.55. The molecule has 2 bridgehead atoms. The first-order valence-corrected chi connectivity index (χ1v) is 12.0. The fourth-order valence-electron chi connectivity index (χ4n) is 4.14. The molecule has 4 saturated heterocycles. The number of amides is 2. The number of allylic oxidation sites excluding steroid dienone is 2. The van der Waals surface area contributed by atoms with E-state index in [4.69, 9.17) is 15.9 Å². The van der Waals surface area contributed by atoms with Crippen molar-refractivity contribution < 1.29 is 39.6 Å². The fourth-order valence-corrected chi connectivity index (χ4v) is 7.71. The number of rotatable bonds is 6. The lowest BCUT2D eigenvalue weighted by Crippen LogP contribution is -2.77. The van der Waals surface area contributed by atoms with E-state index in [1.807, 2.05) is 6.08 Å². The average molecular weight is 488 g/mol. The van der Waals surface area contributed by atoms with Crippen molar-refractivity contribution in [1.82, 2.24) is 9.80 Å². The van der Waals surface area contributed by atoms with Crippen molar-refractivity contribution in [3.05, 3.63) is 23.8 Å². The number of carboxylic acids is 2. The third-order valence-electron chi connectivity index (χ3n) is 5.92. The quantitative estimate of drug-likeness (QED) is 0.300. The molecule has 4 fully saturated rings. The Balaban J connectivity index is 0.000000226. The van der Waals surface area contributed by atoms with Gasteiger partial charge in [0.25, 0.3) is 11.8 Å². The highest BCUT2D eigenvalue weighted by Crippen LogP contribution is 2.64. The smallest absolute Gasteiger partial charge is 0.320 e. The molecule has 176 valence electrons. The van der Waals surface area contributed by atoms with Gasteiger partial charge in [0.15, 0.2) is 4.87 Å². The Morgan fingerprint density at radius 1 is 1.28 bits per heavy atom. The molecule has 0 saturated carbocycles. The molecule has 13 heteroatoms. The summed E-state index contributed by atoms with van der Waals surface area (Å²) in [5.74, 6) is -2.49. The summed E-state index contributed by atoms with van der Waals surface area (Å²) in [5.41, 5.74) is 6.00. The lowest BCUT2D eigenvalue weighted by molar-refractivity contribution is -0.168. The van der Waals surface area contributed by atoms with E-state index in [0.717, 1.165) is 5.57 Å². The molecular formula is C19H25N3O8S2. The molecule has 0 radical (unpaired) electrons. The van der Waals surface area contributed by atoms with Gasteiger partial charge in [-0.25, -0.2) is 0 Å². The van der Waals surface area contributed by atoms with Crippen LogP contribution in [0, 0.1) is 0 Å². The number of aliphatic carboxylic acids is 2. The Kier molecular flexibility index (Phi) is 6.96. The standard InChI is InChI=1S/C13H14N2O4S2.C6H11NO4/c1-14-10(18)12-5-7-3-2-4-8(17)9(7)15(12)11(19)13(14,6-16)21-20-12;7-4(6(10)11)2-1-3-5(8)9/h2-4,8-9,16-17H,5-6H2,1H3;4H,1-3,7H2,(H,8,9)(H,10,11)/t8-,9-,12+,13+;/m0./s1. The molecule has 6 N–H and O–H groups in total. The zero-order chi connectivity index (χ0) is 23.8. The van der Waals surface area contributed by atoms with Crippen LogP contribution in [-0.4, -0.2) is 95.6 Å². The van der Waals surface area contributed by atoms with Gasteiger partial charge in [0.2, 0.25) is 4.87 Å². The Morgan fingerprint density at radius 2 is 1.97 bits per heavy atom. The molecular weight excluding hydrogens is 462 g/mol. The summed E-state index contributed by atoms with van der Waals surface area (Å²) < 4.78 is 0. The van der Waals surface area contributed by atoms with Gasteiger partial charge in [-0.15, -0.1) is 0 Å². The van der Waals surface area contributed by atoms with Crippen LogP contribution in [-0.2, 0) is 19.2 Å². The Labute approximate surface area is 191 Å². The highest BCUT2D eigenvalue weighted by molar-refractivity contribution is 8.78. The zero-order valence-electron chi connectivity index (χ0n) is 17.2. The summed E-state index contributed by atoms with van der Waals surface area (Å²) in [6, 6.07) is -1.44. The maximum atomic E-state index is 12.9. The van der Waals surface area contributed by atoms with Crippen LogP contribution < -0.4 is 5.73 Å². The first-order chi connectivity index (χ1) is 15.0. The maximum absolute atomic E-state index is 12.9. The van der Waals surface area contributed by atoms with Crippen LogP contribution in [0.4, 0.5) is 0 Å². The number of carboxylic acid groups (broad SMARTS) is 2. The Hall–Kier alpha value is -2.06. The van der Waals surface area contributed by atoms with Crippen molar-refractivity contribution in [2.75, 3.05) is 13.7 Å². The number of piperazine rings is 1. The first-order valence-electron chi connectivity index (χ1n) is 9.87. The molecule has 5 aliphatic rings. The highest BCUT2D eigenvalue weighted by atomic mass is 33.1. The summed E-state index contributed by atoms with van der Waals surface area (Å²) in [5, 5.41) is 36.4. The summed E-state index contributed by atoms with van der Waals surface area (Å²) in [6.45, 7) is -0.435. The number of aliphatic hydroxyl groups excluding tert-OH is 2. The molecule has 1 spiro atoms. The van der Waals surface area contributed by atoms with Crippen LogP contribution in [0.2, 0.25) is 0 Å². The minimum atomic E-state index is -1.28. The largest absolute Gasteiger partial charge is 0.481 e. The molecule has 4 aliphatic heterocycles. The lowest BCUT2D eigenvalue weighted by atomic mass is 9.97. The highest BCUT2D eigenvalue weighted by Gasteiger charge is 2.73. The van der Waals surface area contributed by atoms with Crippen LogP contribution in [0.15, 0.2) is 23.8 Å². The number of nitrogens with two attached hydrogens (primary N) is 1. The van der Waals surface area contributed by atoms with Crippen molar-refractivity contribution >= 4 is 45.3 Å². The molecule has 32 heavy (non-hydrogen) atoms. The Morgan fingerprint density at radius 3 is 2.56 bits per heavy atom. The van der Waals surface area contributed by atoms with Gasteiger partial charge < -0.3 is 36.0 Å². The number of carbonyl (C=O) groups is 4. The van der Waals surface area contributed by atoms with Gasteiger partial charge in [-0.3, -0.25) is 19.2 Å². The monoisotopic (exact) mass is 487 g/mol. The van der Waals surface area contributed by atoms with Gasteiger partial charge in [-0.05, 0) is 29.2 Å². The molecule has 0 aromatic heterocycles. The SMILES string of the molecule is CN1C(=O)[C@]23CC4=CC=C[C@H](O)[C@H]4N2C(=O)[C@@]1(CO)SS3.NC(CCCC(=O)O)C(=O)O. The van der Waals surface area contributed by atoms with Crippen molar-refractivity contribution in [3.63, 3.8) is 0 Å². The van der Waals surface area contributed by atoms with Crippen LogP contribution in [0.25, 0.3) is 0 Å². The fraction of sp³-hybridized carbons (Fsp3) is 0.579. The van der Waals surface area contributed by atoms with Crippen molar-refractivity contribution in [1.29, 1.82) is 0 Å². The first kappa shape index (κ1) is 24.6. The van der Waals surface area contributed by atoms with Crippen LogP contribution >= 0.6 is 21.6 Å². The van der Waals surface area contributed by atoms with E-state index < -0.39 is 46.5 Å². The topological polar surface area (TPSA) is 182 Å². The van der Waals surface area contributed by atoms with E-state index in [1.165, 1.54) is 31.4 Å². The number of fused-ring (bicyclic) bond motifs is 3. The van der Waals surface area contributed by atoms with Gasteiger partial charge in [0, 0.05) is 19.9 Å². The molecule has 1 unspecified atom stereocenters. The predicted octanol–water partition coefficient (Wildman–Crippen LogP) is -0.650. The van der Waals surface area contributed by atoms with Gasteiger partial charge >= 0.3 is 11.9 Å². The summed E-state index contributed by atoms with van der Waals surface area (Å²) in [6.07, 6.45) is 5.36. The number of hydrogen-bond donors (Lipinski definition) is 5. The van der Waals surface area contributed by atoms with Gasteiger partial charge in [-0.1, -0.05) is 29.0 Å². The number of aliphatic hydroxyl groups is 2. The number of hydrogen-bond acceptors (Lipinski definition) is 9. The van der Waals surface area contributed by atoms with Crippen molar-refractivity contribution in [2.24, 2.45) is 5.73 Å². The minimum Gasteiger partial charge on any atom is -0.481 e. The molecule has 2 amide bonds. The van der Waals surface area contributed by atoms with Gasteiger partial charge in [-0.2, -0.15) is 0 Å². The van der Waals surface area contributed by atoms with Crippen molar-refractivity contribution in [2.45, 2.75) is 53.6 Å². The molecule has 0 aromatic rings. The second-order valence-electron chi connectivity index (χ2n) is 7.90. The summed E-state index contributed by atoms with van der Waals surface area (Å²) in [4.78, 5) is 46.4. The molecule has 5 rings (SSSR count). The molecule has 0 aromatic carbocycles. The van der Waals surface area contributed by atoms with Crippen LogP contribution in [0.3, 0.4) is 0 Å². The molecule has 5 atom stereocenters. The normalized spacial score (nSPS) is 33.2. The number of carbonyl (C=O) groups excluding carboxylic acids is 2. The molecule has 11 nitrogen and oxygen atoms in total. The van der Waals surface area contributed by atoms with Gasteiger partial charge in [0.05, 0.1) is 18.8 Å². The minimum absolute atomic E-state index is 0.0268. The van der Waals surface area contributed by atoms with E-state index in [-0.39, 0.29) is 24.7 Å². The van der Waals surface area contributed by atoms with E-state index in [1.54, 1.807) is 19.2 Å². The van der Waals surface area contributed by atoms with Crippen LogP contribution in [0.1, 0.15) is 25.7 Å². The Bertz CT molecular complexity index is 896. The molecule has 4 heterocycles. The van der Waals surface area contributed by atoms with Crippen LogP contribution in [0.5, 0.6) is 0 Å². The second-order valence-corrected chi connectivity index (χ2v) is 10.6. The average Bonchev–Trinajstić information content (AvgIpc) is 3.10. The third kappa shape index (κ3) is 3.81. The number of likely N-dealkylation sites (N-methyl/N-ethyl adjacent to an activating group) is 1. The van der Waals surface area contributed by atoms with Crippen molar-refractivity contribution in [3.8, 4) is 0 Å². The zero-order valence-corrected chi connectivity index (χ0v) is 18.8. The van der Waals surface area contributed by atoms with Gasteiger partial charge in [0.1, 0.15) is 6.04 Å². The number of nitrogens with zero attached hydrogens (tertiary/aromatic N) is 2. The van der Waals surface area contributed by atoms with E-state index in [9.17, 15) is 29.4 Å². The second kappa shape index (κ2) is 9.06. The maximum Gasteiger partial charge on any atom is 0.320 e.